The zero-order valence-electron chi connectivity index (χ0n) is 8.65. The summed E-state index contributed by atoms with van der Waals surface area (Å²) in [6.45, 7) is 0.0805. The summed E-state index contributed by atoms with van der Waals surface area (Å²) in [7, 11) is 1.46. The van der Waals surface area contributed by atoms with Crippen LogP contribution in [0.15, 0.2) is 18.2 Å². The average molecular weight is 260 g/mol. The number of benzene rings is 1. The van der Waals surface area contributed by atoms with Crippen LogP contribution in [-0.4, -0.2) is 24.9 Å². The smallest absolute Gasteiger partial charge is 0.101 e. The quantitative estimate of drug-likeness (QED) is 0.905. The average Bonchev–Trinajstić information content (AvgIpc) is 2.22. The molecule has 0 bridgehead atoms. The molecule has 5 heteroatoms. The fourth-order valence-electron chi connectivity index (χ4n) is 1.38. The molecule has 0 aliphatic heterocycles. The number of methoxy groups -OCH3 is 1. The minimum atomic E-state index is -0.909. The second kappa shape index (κ2) is 6.07. The molecule has 3 nitrogen and oxygen atoms in total. The lowest BCUT2D eigenvalue weighted by Crippen LogP contribution is -2.22. The van der Waals surface area contributed by atoms with E-state index in [0.717, 1.165) is 0 Å². The van der Waals surface area contributed by atoms with Gasteiger partial charge in [0.15, 0.2) is 0 Å². The minimum absolute atomic E-state index is 0.0805. The Labute approximate surface area is 104 Å². The predicted molar refractivity (Wildman–Crippen MR) is 62.7 cm³/mol. The van der Waals surface area contributed by atoms with E-state index >= 15 is 0 Å². The Balaban J connectivity index is 3.00. The van der Waals surface area contributed by atoms with Crippen molar-refractivity contribution in [1.29, 1.82) is 5.26 Å². The molecule has 16 heavy (non-hydrogen) atoms. The van der Waals surface area contributed by atoms with Crippen LogP contribution >= 0.6 is 23.2 Å². The zero-order valence-corrected chi connectivity index (χ0v) is 10.2. The van der Waals surface area contributed by atoms with Gasteiger partial charge >= 0.3 is 0 Å². The fraction of sp³-hybridized carbons (Fsp3) is 0.364. The molecule has 2 atom stereocenters. The van der Waals surface area contributed by atoms with E-state index in [1.54, 1.807) is 18.2 Å². The SMILES string of the molecule is COCC(O)C(C#N)c1ccc(Cl)cc1Cl. The number of aliphatic hydroxyl groups is 1. The Morgan fingerprint density at radius 3 is 2.69 bits per heavy atom. The lowest BCUT2D eigenvalue weighted by atomic mass is 9.95. The molecule has 0 saturated heterocycles. The highest BCUT2D eigenvalue weighted by atomic mass is 35.5. The first-order valence-electron chi connectivity index (χ1n) is 4.61. The maximum Gasteiger partial charge on any atom is 0.101 e. The number of ether oxygens (including phenoxy) is 1. The van der Waals surface area contributed by atoms with E-state index in [4.69, 9.17) is 33.2 Å². The van der Waals surface area contributed by atoms with E-state index in [2.05, 4.69) is 0 Å². The van der Waals surface area contributed by atoms with Crippen LogP contribution in [0, 0.1) is 11.3 Å². The number of aliphatic hydroxyl groups excluding tert-OH is 1. The second-order valence-corrected chi connectivity index (χ2v) is 4.14. The fourth-order valence-corrected chi connectivity index (χ4v) is 1.91. The van der Waals surface area contributed by atoms with Crippen LogP contribution in [0.25, 0.3) is 0 Å². The predicted octanol–water partition coefficient (Wildman–Crippen LogP) is 2.61. The molecule has 1 N–H and O–H groups in total. The number of halogens is 2. The Bertz CT molecular complexity index is 403. The molecule has 0 aromatic heterocycles. The first-order chi connectivity index (χ1) is 7.60. The Kier molecular flexibility index (Phi) is 5.04. The summed E-state index contributed by atoms with van der Waals surface area (Å²) in [4.78, 5) is 0. The van der Waals surface area contributed by atoms with Crippen molar-refractivity contribution in [3.63, 3.8) is 0 Å². The molecular formula is C11H11Cl2NO2. The second-order valence-electron chi connectivity index (χ2n) is 3.30. The molecule has 0 heterocycles. The van der Waals surface area contributed by atoms with Gasteiger partial charge in [-0.15, -0.1) is 0 Å². The first-order valence-corrected chi connectivity index (χ1v) is 5.37. The largest absolute Gasteiger partial charge is 0.389 e. The van der Waals surface area contributed by atoms with Crippen molar-refractivity contribution in [3.05, 3.63) is 33.8 Å². The third kappa shape index (κ3) is 3.10. The van der Waals surface area contributed by atoms with Gasteiger partial charge in [0.25, 0.3) is 0 Å². The number of nitrogens with zero attached hydrogens (tertiary/aromatic N) is 1. The van der Waals surface area contributed by atoms with E-state index in [0.29, 0.717) is 15.6 Å². The molecule has 86 valence electrons. The van der Waals surface area contributed by atoms with E-state index in [1.807, 2.05) is 6.07 Å². The molecule has 0 spiro atoms. The minimum Gasteiger partial charge on any atom is -0.389 e. The van der Waals surface area contributed by atoms with Crippen LogP contribution in [0.5, 0.6) is 0 Å². The summed E-state index contributed by atoms with van der Waals surface area (Å²) >= 11 is 11.7. The van der Waals surface area contributed by atoms with Crippen LogP contribution in [0.4, 0.5) is 0 Å². The van der Waals surface area contributed by atoms with Crippen molar-refractivity contribution < 1.29 is 9.84 Å². The van der Waals surface area contributed by atoms with Crippen molar-refractivity contribution in [2.45, 2.75) is 12.0 Å². The summed E-state index contributed by atoms with van der Waals surface area (Å²) < 4.78 is 4.80. The van der Waals surface area contributed by atoms with Gasteiger partial charge in [0.05, 0.1) is 18.8 Å². The molecule has 0 radical (unpaired) electrons. The number of hydrogen-bond donors (Lipinski definition) is 1. The molecule has 0 aliphatic carbocycles. The van der Waals surface area contributed by atoms with Gasteiger partial charge in [0.1, 0.15) is 5.92 Å². The lowest BCUT2D eigenvalue weighted by Gasteiger charge is -2.17. The summed E-state index contributed by atoms with van der Waals surface area (Å²) in [6.07, 6.45) is -0.909. The highest BCUT2D eigenvalue weighted by Gasteiger charge is 2.23. The molecule has 1 rings (SSSR count). The monoisotopic (exact) mass is 259 g/mol. The lowest BCUT2D eigenvalue weighted by molar-refractivity contribution is 0.0572. The van der Waals surface area contributed by atoms with Crippen LogP contribution in [0.2, 0.25) is 10.0 Å². The van der Waals surface area contributed by atoms with Crippen molar-refractivity contribution in [3.8, 4) is 6.07 Å². The number of hydrogen-bond acceptors (Lipinski definition) is 3. The third-order valence-corrected chi connectivity index (χ3v) is 2.72. The van der Waals surface area contributed by atoms with Crippen LogP contribution in [0.1, 0.15) is 11.5 Å². The van der Waals surface area contributed by atoms with Gasteiger partial charge in [0, 0.05) is 17.2 Å². The normalized spacial score (nSPS) is 14.2. The van der Waals surface area contributed by atoms with E-state index in [9.17, 15) is 5.11 Å². The zero-order chi connectivity index (χ0) is 12.1. The molecule has 1 aromatic rings. The molecule has 0 amide bonds. The molecule has 0 saturated carbocycles. The molecular weight excluding hydrogens is 249 g/mol. The van der Waals surface area contributed by atoms with E-state index < -0.39 is 12.0 Å². The first kappa shape index (κ1) is 13.3. The highest BCUT2D eigenvalue weighted by molar-refractivity contribution is 6.35. The maximum atomic E-state index is 9.72. The summed E-state index contributed by atoms with van der Waals surface area (Å²) in [5.41, 5.74) is 0.554. The topological polar surface area (TPSA) is 53.2 Å². The Morgan fingerprint density at radius 2 is 2.19 bits per heavy atom. The summed E-state index contributed by atoms with van der Waals surface area (Å²) in [5.74, 6) is -0.718. The van der Waals surface area contributed by atoms with Crippen LogP contribution in [-0.2, 0) is 4.74 Å². The van der Waals surface area contributed by atoms with Crippen LogP contribution in [0.3, 0.4) is 0 Å². The number of nitriles is 1. The highest BCUT2D eigenvalue weighted by Crippen LogP contribution is 2.29. The summed E-state index contributed by atoms with van der Waals surface area (Å²) in [6, 6.07) is 6.82. The molecule has 0 aliphatic rings. The van der Waals surface area contributed by atoms with Gasteiger partial charge in [-0.3, -0.25) is 0 Å². The van der Waals surface area contributed by atoms with Gasteiger partial charge in [-0.2, -0.15) is 5.26 Å². The summed E-state index contributed by atoms with van der Waals surface area (Å²) in [5, 5.41) is 19.6. The third-order valence-electron chi connectivity index (χ3n) is 2.16. The van der Waals surface area contributed by atoms with Crippen LogP contribution < -0.4 is 0 Å². The van der Waals surface area contributed by atoms with Crippen molar-refractivity contribution in [2.75, 3.05) is 13.7 Å². The van der Waals surface area contributed by atoms with E-state index in [1.165, 1.54) is 7.11 Å². The Hall–Kier alpha value is -0.790. The van der Waals surface area contributed by atoms with Crippen molar-refractivity contribution in [2.24, 2.45) is 0 Å². The van der Waals surface area contributed by atoms with Gasteiger partial charge in [-0.1, -0.05) is 29.3 Å². The van der Waals surface area contributed by atoms with Gasteiger partial charge in [0.2, 0.25) is 0 Å². The van der Waals surface area contributed by atoms with E-state index in [-0.39, 0.29) is 6.61 Å². The van der Waals surface area contributed by atoms with Crippen molar-refractivity contribution >= 4 is 23.2 Å². The molecule has 1 aromatic carbocycles. The Morgan fingerprint density at radius 1 is 1.50 bits per heavy atom. The molecule has 0 fully saturated rings. The van der Waals surface area contributed by atoms with Crippen molar-refractivity contribution in [1.82, 2.24) is 0 Å². The maximum absolute atomic E-state index is 9.72. The van der Waals surface area contributed by atoms with Gasteiger partial charge < -0.3 is 9.84 Å². The standard InChI is InChI=1S/C11H11Cl2NO2/c1-16-6-11(15)9(5-14)8-3-2-7(12)4-10(8)13/h2-4,9,11,15H,6H2,1H3. The van der Waals surface area contributed by atoms with Gasteiger partial charge in [-0.25, -0.2) is 0 Å². The molecule has 2 unspecified atom stereocenters. The number of rotatable bonds is 4. The van der Waals surface area contributed by atoms with Gasteiger partial charge in [-0.05, 0) is 17.7 Å².